The van der Waals surface area contributed by atoms with Crippen LogP contribution in [0, 0.1) is 0 Å². The lowest BCUT2D eigenvalue weighted by Crippen LogP contribution is -2.24. The molecule has 3 atom stereocenters. The number of hydrogen-bond donors (Lipinski definition) is 4. The molecule has 31 heavy (non-hydrogen) atoms. The number of ether oxygens (including phenoxy) is 1. The minimum atomic E-state index is -0.863. The van der Waals surface area contributed by atoms with E-state index in [1.165, 1.54) is 49.4 Å². The summed E-state index contributed by atoms with van der Waals surface area (Å²) in [6.07, 6.45) is 8.71. The van der Waals surface area contributed by atoms with Crippen molar-refractivity contribution in [3.8, 4) is 0 Å². The molecule has 172 valence electrons. The number of aromatic nitrogens is 4. The van der Waals surface area contributed by atoms with Gasteiger partial charge in [0.1, 0.15) is 17.8 Å². The van der Waals surface area contributed by atoms with Crippen molar-refractivity contribution >= 4 is 17.0 Å². The summed E-state index contributed by atoms with van der Waals surface area (Å²) in [4.78, 5) is 35.9. The maximum atomic E-state index is 12.8. The van der Waals surface area contributed by atoms with E-state index in [1.807, 2.05) is 0 Å². The van der Waals surface area contributed by atoms with Crippen LogP contribution in [-0.4, -0.2) is 55.1 Å². The average Bonchev–Trinajstić information content (AvgIpc) is 3.32. The number of fused-ring (bicyclic) bond motifs is 1. The summed E-state index contributed by atoms with van der Waals surface area (Å²) in [6, 6.07) is 0. The number of aliphatic hydroxyl groups excluding tert-OH is 2. The maximum Gasteiger partial charge on any atom is 0.301 e. The Balaban J connectivity index is 1.64. The van der Waals surface area contributed by atoms with Gasteiger partial charge in [0.15, 0.2) is 5.52 Å². The van der Waals surface area contributed by atoms with Crippen molar-refractivity contribution in [1.82, 2.24) is 19.5 Å². The van der Waals surface area contributed by atoms with Crippen molar-refractivity contribution in [1.29, 1.82) is 0 Å². The van der Waals surface area contributed by atoms with E-state index in [4.69, 9.17) is 4.74 Å². The van der Waals surface area contributed by atoms with Gasteiger partial charge in [0.25, 0.3) is 5.56 Å². The standard InChI is InChI=1S/C21H33N5O5/c1-2-3-4-5-6-7-8-9-10-22-21-24-19(29)17-18(20(30)25-21)26(13-23-17)16-11-14(28)15(12-27)31-16/h13-16,27-28H,2-12H2,1H3,(H2,22,24,25,29,30)/t14-,15+,16-/m0/s1. The Kier molecular flexibility index (Phi) is 8.56. The zero-order chi connectivity index (χ0) is 22.2. The second-order valence-corrected chi connectivity index (χ2v) is 8.09. The van der Waals surface area contributed by atoms with Gasteiger partial charge < -0.3 is 20.3 Å². The summed E-state index contributed by atoms with van der Waals surface area (Å²) < 4.78 is 7.01. The molecule has 0 saturated carbocycles. The number of aromatic amines is 1. The molecule has 3 rings (SSSR count). The van der Waals surface area contributed by atoms with Gasteiger partial charge in [-0.3, -0.25) is 19.1 Å². The van der Waals surface area contributed by atoms with Crippen molar-refractivity contribution in [2.75, 3.05) is 18.5 Å². The van der Waals surface area contributed by atoms with Gasteiger partial charge in [-0.05, 0) is 6.42 Å². The predicted molar refractivity (Wildman–Crippen MR) is 117 cm³/mol. The molecule has 0 aromatic carbocycles. The Morgan fingerprint density at radius 1 is 1.19 bits per heavy atom. The van der Waals surface area contributed by atoms with E-state index in [0.29, 0.717) is 6.54 Å². The van der Waals surface area contributed by atoms with Gasteiger partial charge in [0.2, 0.25) is 5.95 Å². The van der Waals surface area contributed by atoms with Gasteiger partial charge in [-0.25, -0.2) is 4.98 Å². The highest BCUT2D eigenvalue weighted by Gasteiger charge is 2.35. The summed E-state index contributed by atoms with van der Waals surface area (Å²) in [5, 5.41) is 22.3. The fourth-order valence-electron chi connectivity index (χ4n) is 3.91. The maximum absolute atomic E-state index is 12.8. The first kappa shape index (κ1) is 23.4. The molecule has 0 bridgehead atoms. The second kappa shape index (κ2) is 11.4. The Labute approximate surface area is 180 Å². The first-order chi connectivity index (χ1) is 15.0. The molecule has 0 radical (unpaired) electrons. The van der Waals surface area contributed by atoms with Crippen molar-refractivity contribution < 1.29 is 14.9 Å². The zero-order valence-electron chi connectivity index (χ0n) is 18.0. The normalized spacial score (nSPS) is 21.1. The molecule has 2 aromatic heterocycles. The minimum Gasteiger partial charge on any atom is -0.394 e. The number of hydrogen-bond acceptors (Lipinski definition) is 8. The van der Waals surface area contributed by atoms with Gasteiger partial charge in [-0.2, -0.15) is 4.98 Å². The van der Waals surface area contributed by atoms with E-state index in [-0.39, 0.29) is 30.0 Å². The van der Waals surface area contributed by atoms with E-state index in [1.54, 1.807) is 0 Å². The number of unbranched alkanes of at least 4 members (excludes halogenated alkanes) is 7. The first-order valence-electron chi connectivity index (χ1n) is 11.2. The molecule has 4 N–H and O–H groups in total. The van der Waals surface area contributed by atoms with Gasteiger partial charge in [-0.15, -0.1) is 0 Å². The van der Waals surface area contributed by atoms with Gasteiger partial charge in [-0.1, -0.05) is 51.9 Å². The first-order valence-corrected chi connectivity index (χ1v) is 11.2. The number of imidazole rings is 1. The Morgan fingerprint density at radius 3 is 2.58 bits per heavy atom. The third-order valence-corrected chi connectivity index (χ3v) is 5.67. The van der Waals surface area contributed by atoms with E-state index >= 15 is 0 Å². The smallest absolute Gasteiger partial charge is 0.301 e. The zero-order valence-corrected chi connectivity index (χ0v) is 18.0. The van der Waals surface area contributed by atoms with Crippen molar-refractivity contribution in [2.24, 2.45) is 0 Å². The lowest BCUT2D eigenvalue weighted by molar-refractivity contribution is -0.0431. The summed E-state index contributed by atoms with van der Waals surface area (Å²) in [5.74, 6) is 0.114. The molecule has 10 nitrogen and oxygen atoms in total. The quantitative estimate of drug-likeness (QED) is 0.369. The van der Waals surface area contributed by atoms with Crippen LogP contribution in [-0.2, 0) is 4.74 Å². The van der Waals surface area contributed by atoms with E-state index in [2.05, 4.69) is 27.2 Å². The molecular weight excluding hydrogens is 402 g/mol. The molecule has 10 heteroatoms. The fraction of sp³-hybridized carbons (Fsp3) is 0.714. The lowest BCUT2D eigenvalue weighted by Gasteiger charge is -2.13. The Hall–Kier alpha value is -2.30. The van der Waals surface area contributed by atoms with Gasteiger partial charge in [0.05, 0.1) is 19.0 Å². The Bertz CT molecular complexity index is 959. The monoisotopic (exact) mass is 435 g/mol. The van der Waals surface area contributed by atoms with E-state index < -0.39 is 29.6 Å². The number of nitrogens with zero attached hydrogens (tertiary/aromatic N) is 3. The third kappa shape index (κ3) is 5.90. The fourth-order valence-corrected chi connectivity index (χ4v) is 3.91. The van der Waals surface area contributed by atoms with Crippen LogP contribution in [0.5, 0.6) is 0 Å². The molecule has 0 amide bonds. The van der Waals surface area contributed by atoms with E-state index in [9.17, 15) is 19.8 Å². The van der Waals surface area contributed by atoms with Crippen LogP contribution in [0.2, 0.25) is 0 Å². The average molecular weight is 436 g/mol. The van der Waals surface area contributed by atoms with Crippen LogP contribution < -0.4 is 16.4 Å². The number of anilines is 1. The summed E-state index contributed by atoms with van der Waals surface area (Å²) in [6.45, 7) is 2.48. The van der Waals surface area contributed by atoms with Crippen molar-refractivity contribution in [2.45, 2.75) is 83.1 Å². The van der Waals surface area contributed by atoms with Crippen molar-refractivity contribution in [3.63, 3.8) is 0 Å². The van der Waals surface area contributed by atoms with Gasteiger partial charge in [0, 0.05) is 13.0 Å². The molecule has 0 aliphatic carbocycles. The molecule has 2 aromatic rings. The molecule has 1 fully saturated rings. The highest BCUT2D eigenvalue weighted by molar-refractivity contribution is 5.73. The number of rotatable bonds is 12. The number of nitrogens with one attached hydrogen (secondary N) is 2. The van der Waals surface area contributed by atoms with Gasteiger partial charge >= 0.3 is 5.56 Å². The third-order valence-electron chi connectivity index (χ3n) is 5.67. The highest BCUT2D eigenvalue weighted by Crippen LogP contribution is 2.29. The van der Waals surface area contributed by atoms with E-state index in [0.717, 1.165) is 12.8 Å². The summed E-state index contributed by atoms with van der Waals surface area (Å²) >= 11 is 0. The molecule has 3 heterocycles. The van der Waals surface area contributed by atoms with Crippen LogP contribution in [0.1, 0.15) is 70.9 Å². The van der Waals surface area contributed by atoms with Crippen LogP contribution in [0.3, 0.4) is 0 Å². The molecule has 1 aliphatic rings. The Morgan fingerprint density at radius 2 is 1.90 bits per heavy atom. The largest absolute Gasteiger partial charge is 0.394 e. The van der Waals surface area contributed by atoms with Crippen LogP contribution in [0.15, 0.2) is 15.9 Å². The van der Waals surface area contributed by atoms with Crippen LogP contribution in [0.4, 0.5) is 5.95 Å². The SMILES string of the molecule is CCCCCCCCCCNc1nc(=O)c2ncn([C@@H]3C[C@H](O)[C@@H](CO)O3)c2c(=O)[nH]1. The number of H-pyrrole nitrogens is 1. The van der Waals surface area contributed by atoms with Crippen LogP contribution in [0.25, 0.3) is 11.0 Å². The topological polar surface area (TPSA) is 142 Å². The second-order valence-electron chi connectivity index (χ2n) is 8.09. The molecule has 1 saturated heterocycles. The highest BCUT2D eigenvalue weighted by atomic mass is 16.5. The lowest BCUT2D eigenvalue weighted by atomic mass is 10.1. The molecule has 0 unspecified atom stereocenters. The van der Waals surface area contributed by atoms with Crippen molar-refractivity contribution in [3.05, 3.63) is 27.0 Å². The minimum absolute atomic E-state index is 0.0356. The summed E-state index contributed by atoms with van der Waals surface area (Å²) in [7, 11) is 0. The number of aliphatic hydroxyl groups is 2. The molecular formula is C21H33N5O5. The summed E-state index contributed by atoms with van der Waals surface area (Å²) in [5.41, 5.74) is -1.17. The van der Waals surface area contributed by atoms with Crippen LogP contribution >= 0.6 is 0 Å². The molecule has 0 spiro atoms. The predicted octanol–water partition coefficient (Wildman–Crippen LogP) is 1.67. The molecule has 1 aliphatic heterocycles.